The van der Waals surface area contributed by atoms with Crippen LogP contribution in [0.3, 0.4) is 0 Å². The SMILES string of the molecule is Cc1nn(Cc2ccc(Cl)cc2C(N)=O)c(=O)c2c1CCN(Cc1cc(F)cc(F)c1)C2. The third kappa shape index (κ3) is 4.56. The number of aromatic nitrogens is 2. The summed E-state index contributed by atoms with van der Waals surface area (Å²) in [7, 11) is 0. The van der Waals surface area contributed by atoms with Gasteiger partial charge in [-0.1, -0.05) is 17.7 Å². The van der Waals surface area contributed by atoms with Crippen molar-refractivity contribution >= 4 is 17.5 Å². The molecule has 3 aromatic rings. The first kappa shape index (κ1) is 22.1. The van der Waals surface area contributed by atoms with E-state index in [-0.39, 0.29) is 17.7 Å². The second-order valence-electron chi connectivity index (χ2n) is 7.91. The molecule has 0 saturated carbocycles. The molecule has 6 nitrogen and oxygen atoms in total. The molecule has 2 N–H and O–H groups in total. The van der Waals surface area contributed by atoms with E-state index < -0.39 is 17.5 Å². The zero-order chi connectivity index (χ0) is 23.0. The van der Waals surface area contributed by atoms with Crippen LogP contribution in [-0.2, 0) is 26.1 Å². The van der Waals surface area contributed by atoms with Gasteiger partial charge >= 0.3 is 0 Å². The van der Waals surface area contributed by atoms with Gasteiger partial charge in [-0.05, 0) is 54.3 Å². The second kappa shape index (κ2) is 8.80. The van der Waals surface area contributed by atoms with E-state index >= 15 is 0 Å². The Hall–Kier alpha value is -3.10. The van der Waals surface area contributed by atoms with Gasteiger partial charge in [-0.2, -0.15) is 5.10 Å². The molecule has 1 aromatic heterocycles. The van der Waals surface area contributed by atoms with E-state index in [1.807, 2.05) is 11.8 Å². The van der Waals surface area contributed by atoms with E-state index in [1.165, 1.54) is 22.9 Å². The van der Waals surface area contributed by atoms with Gasteiger partial charge in [0.05, 0.1) is 12.2 Å². The summed E-state index contributed by atoms with van der Waals surface area (Å²) in [4.78, 5) is 27.0. The highest BCUT2D eigenvalue weighted by atomic mass is 35.5. The number of benzene rings is 2. The van der Waals surface area contributed by atoms with E-state index in [0.717, 1.165) is 17.3 Å². The van der Waals surface area contributed by atoms with Crippen molar-refractivity contribution in [2.24, 2.45) is 5.73 Å². The number of fused-ring (bicyclic) bond motifs is 1. The van der Waals surface area contributed by atoms with Gasteiger partial charge < -0.3 is 5.73 Å². The van der Waals surface area contributed by atoms with Crippen LogP contribution in [-0.4, -0.2) is 27.1 Å². The summed E-state index contributed by atoms with van der Waals surface area (Å²) in [6.45, 7) is 3.19. The zero-order valence-electron chi connectivity index (χ0n) is 17.4. The lowest BCUT2D eigenvalue weighted by Crippen LogP contribution is -2.38. The molecule has 1 amide bonds. The van der Waals surface area contributed by atoms with Crippen molar-refractivity contribution in [2.75, 3.05) is 6.54 Å². The predicted octanol–water partition coefficient (Wildman–Crippen LogP) is 3.19. The standard InChI is InChI=1S/C23H21ClF2N4O2/c1-13-19-4-5-29(10-14-6-17(25)9-18(26)7-14)12-21(19)23(32)30(28-13)11-15-2-3-16(24)8-20(15)22(27)31/h2-3,6-9H,4-5,10-12H2,1H3,(H2,27,31). The Kier molecular flexibility index (Phi) is 6.08. The Morgan fingerprint density at radius 1 is 1.12 bits per heavy atom. The average Bonchev–Trinajstić information content (AvgIpc) is 2.72. The van der Waals surface area contributed by atoms with Crippen LogP contribution in [0.1, 0.15) is 38.3 Å². The van der Waals surface area contributed by atoms with Crippen molar-refractivity contribution in [3.8, 4) is 0 Å². The number of carbonyl (C=O) groups excluding carboxylic acids is 1. The van der Waals surface area contributed by atoms with Crippen LogP contribution in [0.5, 0.6) is 0 Å². The monoisotopic (exact) mass is 458 g/mol. The first-order chi connectivity index (χ1) is 15.2. The van der Waals surface area contributed by atoms with E-state index in [4.69, 9.17) is 17.3 Å². The van der Waals surface area contributed by atoms with Gasteiger partial charge in [0, 0.05) is 41.9 Å². The summed E-state index contributed by atoms with van der Waals surface area (Å²) in [5.41, 5.74) is 8.68. The molecule has 166 valence electrons. The van der Waals surface area contributed by atoms with Crippen LogP contribution >= 0.6 is 11.6 Å². The Morgan fingerprint density at radius 3 is 2.53 bits per heavy atom. The van der Waals surface area contributed by atoms with Crippen molar-refractivity contribution < 1.29 is 13.6 Å². The number of nitrogens with zero attached hydrogens (tertiary/aromatic N) is 3. The van der Waals surface area contributed by atoms with Crippen molar-refractivity contribution in [2.45, 2.75) is 33.0 Å². The van der Waals surface area contributed by atoms with Gasteiger partial charge in [0.25, 0.3) is 5.56 Å². The molecule has 1 aliphatic rings. The number of aryl methyl sites for hydroxylation is 1. The third-order valence-corrected chi connectivity index (χ3v) is 5.85. The minimum Gasteiger partial charge on any atom is -0.366 e. The van der Waals surface area contributed by atoms with Crippen LogP contribution < -0.4 is 11.3 Å². The fraction of sp³-hybridized carbons (Fsp3) is 0.261. The highest BCUT2D eigenvalue weighted by Crippen LogP contribution is 2.22. The van der Waals surface area contributed by atoms with Gasteiger partial charge in [0.2, 0.25) is 5.91 Å². The molecule has 9 heteroatoms. The van der Waals surface area contributed by atoms with Gasteiger partial charge in [0.1, 0.15) is 11.6 Å². The molecule has 0 aliphatic carbocycles. The van der Waals surface area contributed by atoms with Gasteiger partial charge in [-0.3, -0.25) is 14.5 Å². The molecule has 1 aliphatic heterocycles. The summed E-state index contributed by atoms with van der Waals surface area (Å²) in [6, 6.07) is 8.16. The fourth-order valence-corrected chi connectivity index (χ4v) is 4.31. The third-order valence-electron chi connectivity index (χ3n) is 5.61. The van der Waals surface area contributed by atoms with Crippen molar-refractivity contribution in [3.05, 3.63) is 96.9 Å². The zero-order valence-corrected chi connectivity index (χ0v) is 18.1. The Bertz CT molecular complexity index is 1260. The Labute approximate surface area is 188 Å². The van der Waals surface area contributed by atoms with Crippen LogP contribution in [0.4, 0.5) is 8.78 Å². The minimum absolute atomic E-state index is 0.0670. The number of primary amides is 1. The van der Waals surface area contributed by atoms with Gasteiger partial charge in [0.15, 0.2) is 0 Å². The normalized spacial score (nSPS) is 13.8. The maximum Gasteiger partial charge on any atom is 0.271 e. The average molecular weight is 459 g/mol. The quantitative estimate of drug-likeness (QED) is 0.636. The largest absolute Gasteiger partial charge is 0.366 e. The lowest BCUT2D eigenvalue weighted by molar-refractivity contribution is 0.0999. The first-order valence-corrected chi connectivity index (χ1v) is 10.4. The smallest absolute Gasteiger partial charge is 0.271 e. The number of hydrogen-bond acceptors (Lipinski definition) is 4. The van der Waals surface area contributed by atoms with E-state index in [9.17, 15) is 18.4 Å². The molecule has 4 rings (SSSR count). The lowest BCUT2D eigenvalue weighted by Gasteiger charge is -2.29. The second-order valence-corrected chi connectivity index (χ2v) is 8.35. The van der Waals surface area contributed by atoms with E-state index in [1.54, 1.807) is 12.1 Å². The molecule has 2 aromatic carbocycles. The molecule has 32 heavy (non-hydrogen) atoms. The maximum atomic E-state index is 13.6. The van der Waals surface area contributed by atoms with Crippen molar-refractivity contribution in [1.82, 2.24) is 14.7 Å². The van der Waals surface area contributed by atoms with Gasteiger partial charge in [-0.15, -0.1) is 0 Å². The van der Waals surface area contributed by atoms with Crippen LogP contribution in [0.2, 0.25) is 5.02 Å². The first-order valence-electron chi connectivity index (χ1n) is 10.1. The maximum absolute atomic E-state index is 13.6. The van der Waals surface area contributed by atoms with Crippen LogP contribution in [0, 0.1) is 18.6 Å². The van der Waals surface area contributed by atoms with Crippen molar-refractivity contribution in [3.63, 3.8) is 0 Å². The number of amides is 1. The molecule has 0 fully saturated rings. The number of hydrogen-bond donors (Lipinski definition) is 1. The van der Waals surface area contributed by atoms with Gasteiger partial charge in [-0.25, -0.2) is 13.5 Å². The minimum atomic E-state index is -0.640. The summed E-state index contributed by atoms with van der Waals surface area (Å²) < 4.78 is 28.4. The summed E-state index contributed by atoms with van der Waals surface area (Å²) >= 11 is 5.97. The molecule has 0 atom stereocenters. The topological polar surface area (TPSA) is 81.2 Å². The van der Waals surface area contributed by atoms with Crippen LogP contribution in [0.15, 0.2) is 41.2 Å². The summed E-state index contributed by atoms with van der Waals surface area (Å²) in [5, 5.41) is 4.81. The molecule has 0 spiro atoms. The highest BCUT2D eigenvalue weighted by molar-refractivity contribution is 6.31. The molecule has 0 saturated heterocycles. The number of carbonyl (C=O) groups is 1. The fourth-order valence-electron chi connectivity index (χ4n) is 4.14. The summed E-state index contributed by atoms with van der Waals surface area (Å²) in [5.74, 6) is -1.90. The van der Waals surface area contributed by atoms with Crippen molar-refractivity contribution in [1.29, 1.82) is 0 Å². The molecular formula is C23H21ClF2N4O2. The Balaban J connectivity index is 1.64. The predicted molar refractivity (Wildman–Crippen MR) is 116 cm³/mol. The van der Waals surface area contributed by atoms with E-state index in [0.29, 0.717) is 47.8 Å². The van der Waals surface area contributed by atoms with E-state index in [2.05, 4.69) is 5.10 Å². The molecule has 0 unspecified atom stereocenters. The number of nitrogens with two attached hydrogens (primary N) is 1. The molecule has 0 bridgehead atoms. The summed E-state index contributed by atoms with van der Waals surface area (Å²) in [6.07, 6.45) is 0.607. The molecule has 0 radical (unpaired) electrons. The molecular weight excluding hydrogens is 438 g/mol. The number of rotatable bonds is 5. The Morgan fingerprint density at radius 2 is 1.84 bits per heavy atom. The highest BCUT2D eigenvalue weighted by Gasteiger charge is 2.24. The lowest BCUT2D eigenvalue weighted by atomic mass is 9.99. The number of halogens is 3. The molecule has 2 heterocycles. The van der Waals surface area contributed by atoms with Crippen LogP contribution in [0.25, 0.3) is 0 Å².